The van der Waals surface area contributed by atoms with Crippen LogP contribution < -0.4 is 5.32 Å². The first-order valence-corrected chi connectivity index (χ1v) is 5.80. The summed E-state index contributed by atoms with van der Waals surface area (Å²) in [6.07, 6.45) is 1.13. The highest BCUT2D eigenvalue weighted by Gasteiger charge is 2.17. The van der Waals surface area contributed by atoms with E-state index in [0.717, 1.165) is 18.3 Å². The number of benzene rings is 1. The van der Waals surface area contributed by atoms with Crippen molar-refractivity contribution in [1.82, 2.24) is 9.55 Å². The summed E-state index contributed by atoms with van der Waals surface area (Å²) in [5.74, 6) is -2.72. The molecule has 0 aliphatic carbocycles. The van der Waals surface area contributed by atoms with Gasteiger partial charge in [0.2, 0.25) is 11.7 Å². The molecule has 1 aromatic heterocycles. The van der Waals surface area contributed by atoms with Crippen LogP contribution in [0.3, 0.4) is 0 Å². The van der Waals surface area contributed by atoms with Crippen LogP contribution in [0.2, 0.25) is 0 Å². The van der Waals surface area contributed by atoms with E-state index < -0.39 is 22.5 Å². The minimum atomic E-state index is -1.08. The summed E-state index contributed by atoms with van der Waals surface area (Å²) in [7, 11) is 0. The first-order valence-electron chi connectivity index (χ1n) is 5.80. The Morgan fingerprint density at radius 2 is 2.14 bits per heavy atom. The second-order valence-electron chi connectivity index (χ2n) is 4.21. The van der Waals surface area contributed by atoms with E-state index in [-0.39, 0.29) is 18.1 Å². The lowest BCUT2D eigenvalue weighted by Crippen LogP contribution is -2.19. The number of rotatable bonds is 4. The second-order valence-corrected chi connectivity index (χ2v) is 4.21. The van der Waals surface area contributed by atoms with Crippen molar-refractivity contribution < 1.29 is 18.5 Å². The molecule has 0 bridgehead atoms. The van der Waals surface area contributed by atoms with Crippen LogP contribution in [0.4, 0.5) is 20.3 Å². The topological polar surface area (TPSA) is 90.1 Å². The van der Waals surface area contributed by atoms with Gasteiger partial charge in [0.15, 0.2) is 11.6 Å². The molecule has 0 spiro atoms. The lowest BCUT2D eigenvalue weighted by molar-refractivity contribution is -0.389. The largest absolute Gasteiger partial charge is 0.381 e. The molecule has 110 valence electrons. The summed E-state index contributed by atoms with van der Waals surface area (Å²) in [4.78, 5) is 25.3. The van der Waals surface area contributed by atoms with Gasteiger partial charge in [-0.25, -0.2) is 8.78 Å². The number of hydrogen-bond donors (Lipinski definition) is 1. The van der Waals surface area contributed by atoms with E-state index >= 15 is 0 Å². The number of hydrogen-bond acceptors (Lipinski definition) is 4. The summed E-state index contributed by atoms with van der Waals surface area (Å²) < 4.78 is 27.0. The van der Waals surface area contributed by atoms with Crippen LogP contribution in [0.15, 0.2) is 24.4 Å². The molecule has 0 radical (unpaired) electrons. The number of aromatic nitrogens is 2. The van der Waals surface area contributed by atoms with Crippen molar-refractivity contribution in [3.05, 3.63) is 52.0 Å². The fourth-order valence-corrected chi connectivity index (χ4v) is 1.67. The van der Waals surface area contributed by atoms with Gasteiger partial charge in [-0.3, -0.25) is 9.36 Å². The van der Waals surface area contributed by atoms with Gasteiger partial charge in [-0.15, -0.1) is 0 Å². The van der Waals surface area contributed by atoms with Gasteiger partial charge in [0, 0.05) is 18.7 Å². The van der Waals surface area contributed by atoms with E-state index in [1.807, 2.05) is 0 Å². The van der Waals surface area contributed by atoms with Crippen molar-refractivity contribution >= 4 is 17.4 Å². The van der Waals surface area contributed by atoms with Crippen LogP contribution in [0.1, 0.15) is 5.82 Å². The monoisotopic (exact) mass is 296 g/mol. The van der Waals surface area contributed by atoms with Gasteiger partial charge in [0.1, 0.15) is 12.7 Å². The van der Waals surface area contributed by atoms with Crippen LogP contribution in [0, 0.1) is 28.7 Å². The molecular formula is C12H10F2N4O3. The molecule has 2 rings (SSSR count). The molecule has 0 unspecified atom stereocenters. The number of nitrogens with zero attached hydrogens (tertiary/aromatic N) is 3. The Hall–Kier alpha value is -2.84. The molecule has 0 atom stereocenters. The van der Waals surface area contributed by atoms with E-state index in [0.29, 0.717) is 5.82 Å². The molecular weight excluding hydrogens is 286 g/mol. The van der Waals surface area contributed by atoms with Gasteiger partial charge in [0.25, 0.3) is 0 Å². The average Bonchev–Trinajstić information content (AvgIpc) is 2.76. The quantitative estimate of drug-likeness (QED) is 0.690. The Balaban J connectivity index is 2.07. The predicted octanol–water partition coefficient (Wildman–Crippen LogP) is 2.02. The summed E-state index contributed by atoms with van der Waals surface area (Å²) in [6, 6.07) is 2.94. The molecule has 9 heteroatoms. The summed E-state index contributed by atoms with van der Waals surface area (Å²) in [5.41, 5.74) is 0.0890. The van der Waals surface area contributed by atoms with Crippen molar-refractivity contribution in [2.24, 2.45) is 0 Å². The van der Waals surface area contributed by atoms with Crippen LogP contribution in [0.25, 0.3) is 0 Å². The number of imidazole rings is 1. The fourth-order valence-electron chi connectivity index (χ4n) is 1.67. The number of nitro groups is 1. The normalized spacial score (nSPS) is 10.4. The third kappa shape index (κ3) is 3.38. The number of carbonyl (C=O) groups is 1. The fraction of sp³-hybridized carbons (Fsp3) is 0.167. The Kier molecular flexibility index (Phi) is 3.92. The number of carbonyl (C=O) groups excluding carboxylic acids is 1. The zero-order valence-corrected chi connectivity index (χ0v) is 10.8. The van der Waals surface area contributed by atoms with Crippen LogP contribution in [-0.4, -0.2) is 20.4 Å². The molecule has 7 nitrogen and oxygen atoms in total. The van der Waals surface area contributed by atoms with E-state index in [2.05, 4.69) is 10.3 Å². The van der Waals surface area contributed by atoms with Gasteiger partial charge in [-0.2, -0.15) is 0 Å². The summed E-state index contributed by atoms with van der Waals surface area (Å²) in [6.45, 7) is 1.28. The van der Waals surface area contributed by atoms with E-state index in [9.17, 15) is 23.7 Å². The van der Waals surface area contributed by atoms with Crippen LogP contribution >= 0.6 is 0 Å². The maximum atomic E-state index is 13.0. The van der Waals surface area contributed by atoms with E-state index in [1.165, 1.54) is 17.6 Å². The van der Waals surface area contributed by atoms with Crippen molar-refractivity contribution in [2.75, 3.05) is 5.32 Å². The molecule has 1 aromatic carbocycles. The lowest BCUT2D eigenvalue weighted by Gasteiger charge is -2.06. The standard InChI is InChI=1S/C12H10F2N4O3/c1-7-15-11(18(20)21)5-17(7)6-12(19)16-8-2-3-9(13)10(14)4-8/h2-5H,6H2,1H3,(H,16,19). The highest BCUT2D eigenvalue weighted by molar-refractivity contribution is 5.90. The number of halogens is 2. The van der Waals surface area contributed by atoms with Gasteiger partial charge >= 0.3 is 5.82 Å². The lowest BCUT2D eigenvalue weighted by atomic mass is 10.3. The molecule has 2 aromatic rings. The minimum absolute atomic E-state index is 0.0890. The van der Waals surface area contributed by atoms with Gasteiger partial charge < -0.3 is 15.4 Å². The Morgan fingerprint density at radius 1 is 1.43 bits per heavy atom. The molecule has 1 amide bonds. The molecule has 21 heavy (non-hydrogen) atoms. The van der Waals surface area contributed by atoms with Crippen LogP contribution in [-0.2, 0) is 11.3 Å². The first-order chi connectivity index (χ1) is 9.86. The second kappa shape index (κ2) is 5.65. The minimum Gasteiger partial charge on any atom is -0.358 e. The highest BCUT2D eigenvalue weighted by atomic mass is 19.2. The Labute approximate surface area is 117 Å². The molecule has 1 heterocycles. The Bertz CT molecular complexity index is 715. The van der Waals surface area contributed by atoms with Gasteiger partial charge in [-0.1, -0.05) is 0 Å². The SMILES string of the molecule is Cc1nc([N+](=O)[O-])cn1CC(=O)Nc1ccc(F)c(F)c1. The number of amides is 1. The van der Waals surface area contributed by atoms with Gasteiger partial charge in [0.05, 0.1) is 0 Å². The Morgan fingerprint density at radius 3 is 2.71 bits per heavy atom. The average molecular weight is 296 g/mol. The first kappa shape index (κ1) is 14.6. The summed E-state index contributed by atoms with van der Waals surface area (Å²) >= 11 is 0. The zero-order chi connectivity index (χ0) is 15.6. The molecule has 0 saturated heterocycles. The molecule has 0 aliphatic heterocycles. The molecule has 0 aliphatic rings. The number of aryl methyl sites for hydroxylation is 1. The third-order valence-corrected chi connectivity index (χ3v) is 2.67. The molecule has 0 fully saturated rings. The molecule has 0 saturated carbocycles. The summed E-state index contributed by atoms with van der Waals surface area (Å²) in [5, 5.41) is 12.9. The zero-order valence-electron chi connectivity index (χ0n) is 10.8. The smallest absolute Gasteiger partial charge is 0.358 e. The van der Waals surface area contributed by atoms with Crippen molar-refractivity contribution in [3.63, 3.8) is 0 Å². The maximum absolute atomic E-state index is 13.0. The maximum Gasteiger partial charge on any atom is 0.381 e. The van der Waals surface area contributed by atoms with E-state index in [4.69, 9.17) is 0 Å². The predicted molar refractivity (Wildman–Crippen MR) is 68.6 cm³/mol. The van der Waals surface area contributed by atoms with Crippen molar-refractivity contribution in [2.45, 2.75) is 13.5 Å². The number of anilines is 1. The van der Waals surface area contributed by atoms with E-state index in [1.54, 1.807) is 0 Å². The van der Waals surface area contributed by atoms with Crippen molar-refractivity contribution in [3.8, 4) is 0 Å². The number of nitrogens with one attached hydrogen (secondary N) is 1. The highest BCUT2D eigenvalue weighted by Crippen LogP contribution is 2.14. The molecule has 1 N–H and O–H groups in total. The van der Waals surface area contributed by atoms with Crippen molar-refractivity contribution in [1.29, 1.82) is 0 Å². The van der Waals surface area contributed by atoms with Crippen LogP contribution in [0.5, 0.6) is 0 Å². The van der Waals surface area contributed by atoms with Gasteiger partial charge in [-0.05, 0) is 22.0 Å². The third-order valence-electron chi connectivity index (χ3n) is 2.67.